The molecule has 2 bridgehead atoms. The van der Waals surface area contributed by atoms with Crippen molar-refractivity contribution in [3.8, 4) is 28.7 Å². The molecule has 5 aliphatic rings. The number of phenols is 1. The summed E-state index contributed by atoms with van der Waals surface area (Å²) in [6.07, 6.45) is 0.924. The number of rotatable bonds is 2. The summed E-state index contributed by atoms with van der Waals surface area (Å²) in [5.41, 5.74) is 4.06. The molecule has 8 rings (SSSR count). The molecule has 8 nitrogen and oxygen atoms in total. The molecule has 8 heteroatoms. The molecule has 2 aromatic carbocycles. The Bertz CT molecular complexity index is 1470. The van der Waals surface area contributed by atoms with Gasteiger partial charge in [0.05, 0.1) is 18.1 Å². The first-order valence-corrected chi connectivity index (χ1v) is 12.6. The lowest BCUT2D eigenvalue weighted by Crippen LogP contribution is -2.46. The number of likely N-dealkylation sites (tertiary alicyclic amines) is 1. The van der Waals surface area contributed by atoms with Crippen molar-refractivity contribution in [2.75, 3.05) is 26.5 Å². The zero-order valence-corrected chi connectivity index (χ0v) is 19.7. The zero-order chi connectivity index (χ0) is 24.0. The number of aromatic hydroxyl groups is 1. The third-order valence-corrected chi connectivity index (χ3v) is 8.44. The first-order chi connectivity index (χ1) is 17.6. The zero-order valence-electron chi connectivity index (χ0n) is 19.7. The van der Waals surface area contributed by atoms with Crippen LogP contribution in [0, 0.1) is 5.92 Å². The molecule has 0 amide bonds. The van der Waals surface area contributed by atoms with E-state index >= 15 is 0 Å². The van der Waals surface area contributed by atoms with Gasteiger partial charge in [-0.25, -0.2) is 0 Å². The highest BCUT2D eigenvalue weighted by Gasteiger charge is 2.43. The van der Waals surface area contributed by atoms with Crippen molar-refractivity contribution < 1.29 is 24.1 Å². The molecule has 1 saturated heterocycles. The number of fused-ring (bicyclic) bond motifs is 10. The lowest BCUT2D eigenvalue weighted by atomic mass is 9.82. The maximum absolute atomic E-state index is 12.4. The Labute approximate surface area is 207 Å². The third-order valence-electron chi connectivity index (χ3n) is 8.44. The van der Waals surface area contributed by atoms with Crippen LogP contribution in [0.3, 0.4) is 0 Å². The maximum atomic E-state index is 12.4. The van der Waals surface area contributed by atoms with Gasteiger partial charge >= 0.3 is 0 Å². The van der Waals surface area contributed by atoms with Crippen LogP contribution in [0.15, 0.2) is 47.3 Å². The van der Waals surface area contributed by atoms with Gasteiger partial charge in [0.1, 0.15) is 23.4 Å². The average Bonchev–Trinajstić information content (AvgIpc) is 3.48. The van der Waals surface area contributed by atoms with Gasteiger partial charge in [0.2, 0.25) is 6.79 Å². The Morgan fingerprint density at radius 1 is 0.944 bits per heavy atom. The number of pyridine rings is 1. The lowest BCUT2D eigenvalue weighted by molar-refractivity contribution is 0.108. The number of phenolic OH excluding ortho intramolecular Hbond substituents is 1. The van der Waals surface area contributed by atoms with Crippen molar-refractivity contribution in [1.82, 2.24) is 9.47 Å². The van der Waals surface area contributed by atoms with E-state index in [0.717, 1.165) is 65.7 Å². The molecule has 0 saturated carbocycles. The summed E-state index contributed by atoms with van der Waals surface area (Å²) in [5, 5.41) is 10.9. The van der Waals surface area contributed by atoms with E-state index in [4.69, 9.17) is 18.9 Å². The Morgan fingerprint density at radius 2 is 1.83 bits per heavy atom. The molecule has 0 spiro atoms. The highest BCUT2D eigenvalue weighted by Crippen LogP contribution is 2.55. The maximum Gasteiger partial charge on any atom is 0.250 e. The fourth-order valence-electron chi connectivity index (χ4n) is 6.87. The predicted octanol–water partition coefficient (Wildman–Crippen LogP) is 3.51. The molecule has 36 heavy (non-hydrogen) atoms. The minimum absolute atomic E-state index is 0.0588. The van der Waals surface area contributed by atoms with Crippen molar-refractivity contribution in [3.63, 3.8) is 0 Å². The molecule has 4 atom stereocenters. The second-order valence-electron chi connectivity index (χ2n) is 10.6. The van der Waals surface area contributed by atoms with Crippen LogP contribution < -0.4 is 24.5 Å². The van der Waals surface area contributed by atoms with Gasteiger partial charge < -0.3 is 28.6 Å². The summed E-state index contributed by atoms with van der Waals surface area (Å²) >= 11 is 0. The van der Waals surface area contributed by atoms with Crippen LogP contribution in [0.1, 0.15) is 46.7 Å². The van der Waals surface area contributed by atoms with Gasteiger partial charge in [0.15, 0.2) is 11.5 Å². The summed E-state index contributed by atoms with van der Waals surface area (Å²) in [6, 6.07) is 13.2. The van der Waals surface area contributed by atoms with E-state index in [9.17, 15) is 9.90 Å². The topological polar surface area (TPSA) is 82.4 Å². The number of aromatic nitrogens is 1. The van der Waals surface area contributed by atoms with Crippen LogP contribution in [0.25, 0.3) is 0 Å². The van der Waals surface area contributed by atoms with Crippen LogP contribution in [0.5, 0.6) is 28.7 Å². The standard InChI is InChI=1S/C28H26N2O6/c31-22-5-4-17-27(33-13-20-18-7-24-25(35-14-34-24)8-23(18)36-28(17)20)19(22)12-29-9-15-6-16(11-29)21-2-1-3-26(32)30(21)10-15/h1-5,7-8,15-16,20,28,31H,6,9-14H2/t15-,16+,20-,28-/m0/s1. The largest absolute Gasteiger partial charge is 0.507 e. The molecule has 6 heterocycles. The van der Waals surface area contributed by atoms with Crippen LogP contribution >= 0.6 is 0 Å². The van der Waals surface area contributed by atoms with Gasteiger partial charge in [-0.2, -0.15) is 0 Å². The van der Waals surface area contributed by atoms with Gasteiger partial charge in [-0.3, -0.25) is 9.69 Å². The first-order valence-electron chi connectivity index (χ1n) is 12.6. The Hall–Kier alpha value is -3.65. The summed E-state index contributed by atoms with van der Waals surface area (Å²) in [4.78, 5) is 14.8. The molecule has 1 N–H and O–H groups in total. The quantitative estimate of drug-likeness (QED) is 0.594. The van der Waals surface area contributed by atoms with Crippen molar-refractivity contribution in [2.24, 2.45) is 5.92 Å². The molecule has 184 valence electrons. The van der Waals surface area contributed by atoms with Crippen LogP contribution in [-0.2, 0) is 13.1 Å². The number of ether oxygens (including phenoxy) is 4. The molecule has 5 aliphatic heterocycles. The number of nitrogens with zero attached hydrogens (tertiary/aromatic N) is 2. The molecule has 0 unspecified atom stereocenters. The highest BCUT2D eigenvalue weighted by molar-refractivity contribution is 5.59. The predicted molar refractivity (Wildman–Crippen MR) is 129 cm³/mol. The summed E-state index contributed by atoms with van der Waals surface area (Å²) in [6.45, 7) is 3.80. The van der Waals surface area contributed by atoms with Gasteiger partial charge in [0, 0.05) is 61.1 Å². The van der Waals surface area contributed by atoms with Gasteiger partial charge in [-0.15, -0.1) is 0 Å². The van der Waals surface area contributed by atoms with Crippen molar-refractivity contribution in [3.05, 3.63) is 75.2 Å². The second kappa shape index (κ2) is 7.43. The van der Waals surface area contributed by atoms with Gasteiger partial charge in [-0.1, -0.05) is 6.07 Å². The minimum atomic E-state index is -0.176. The number of benzene rings is 2. The first kappa shape index (κ1) is 20.5. The SMILES string of the molecule is O=c1cccc2n1C[C@H]1C[C@@H]2CN(Cc2c(O)ccc3c2OC[C@H]2c4cc5c(cc4O[C@@H]32)OCO5)C1. The number of piperidine rings is 1. The van der Waals surface area contributed by atoms with Crippen LogP contribution in [0.4, 0.5) is 0 Å². The molecule has 3 aromatic rings. The molecule has 0 aliphatic carbocycles. The van der Waals surface area contributed by atoms with Crippen molar-refractivity contribution >= 4 is 0 Å². The fourth-order valence-corrected chi connectivity index (χ4v) is 6.87. The van der Waals surface area contributed by atoms with E-state index in [0.29, 0.717) is 30.7 Å². The van der Waals surface area contributed by atoms with E-state index < -0.39 is 0 Å². The minimum Gasteiger partial charge on any atom is -0.507 e. The average molecular weight is 487 g/mol. The second-order valence-corrected chi connectivity index (χ2v) is 10.6. The Kier molecular flexibility index (Phi) is 4.24. The van der Waals surface area contributed by atoms with Gasteiger partial charge in [0.25, 0.3) is 5.56 Å². The molecular weight excluding hydrogens is 460 g/mol. The van der Waals surface area contributed by atoms with Crippen LogP contribution in [0.2, 0.25) is 0 Å². The highest BCUT2D eigenvalue weighted by atomic mass is 16.7. The van der Waals surface area contributed by atoms with E-state index in [2.05, 4.69) is 11.0 Å². The van der Waals surface area contributed by atoms with E-state index in [-0.39, 0.29) is 30.1 Å². The summed E-state index contributed by atoms with van der Waals surface area (Å²) in [5.74, 6) is 4.03. The fraction of sp³-hybridized carbons (Fsp3) is 0.393. The summed E-state index contributed by atoms with van der Waals surface area (Å²) < 4.78 is 25.8. The van der Waals surface area contributed by atoms with E-state index in [1.165, 1.54) is 0 Å². The number of hydrogen-bond acceptors (Lipinski definition) is 7. The van der Waals surface area contributed by atoms with Gasteiger partial charge in [-0.05, 0) is 36.6 Å². The molecule has 1 aromatic heterocycles. The Morgan fingerprint density at radius 3 is 2.75 bits per heavy atom. The third kappa shape index (κ3) is 2.94. The Balaban J connectivity index is 1.10. The summed E-state index contributed by atoms with van der Waals surface area (Å²) in [7, 11) is 0. The molecule has 0 radical (unpaired) electrons. The normalized spacial score (nSPS) is 26.8. The smallest absolute Gasteiger partial charge is 0.250 e. The molecular formula is C28H26N2O6. The number of hydrogen-bond donors (Lipinski definition) is 1. The van der Waals surface area contributed by atoms with Crippen molar-refractivity contribution in [1.29, 1.82) is 0 Å². The van der Waals surface area contributed by atoms with Crippen LogP contribution in [-0.4, -0.2) is 41.1 Å². The van der Waals surface area contributed by atoms with E-state index in [1.807, 2.05) is 28.8 Å². The monoisotopic (exact) mass is 486 g/mol. The lowest BCUT2D eigenvalue weighted by Gasteiger charge is -2.43. The van der Waals surface area contributed by atoms with Crippen molar-refractivity contribution in [2.45, 2.75) is 37.5 Å². The van der Waals surface area contributed by atoms with E-state index in [1.54, 1.807) is 12.1 Å². The molecule has 1 fully saturated rings.